The molecule has 0 aromatic rings. The molecule has 2 rings (SSSR count). The maximum atomic E-state index is 12.2. The quantitative estimate of drug-likeness (QED) is 0.418. The van der Waals surface area contributed by atoms with Crippen LogP contribution >= 0.6 is 22.6 Å². The van der Waals surface area contributed by atoms with Crippen molar-refractivity contribution in [3.8, 4) is 0 Å². The van der Waals surface area contributed by atoms with Gasteiger partial charge in [0.2, 0.25) is 5.91 Å². The van der Waals surface area contributed by atoms with Crippen molar-refractivity contribution in [2.75, 3.05) is 4.43 Å². The van der Waals surface area contributed by atoms with Crippen molar-refractivity contribution in [1.29, 1.82) is 0 Å². The molecule has 17 heavy (non-hydrogen) atoms. The summed E-state index contributed by atoms with van der Waals surface area (Å²) in [7, 11) is -3.64. The van der Waals surface area contributed by atoms with Crippen LogP contribution in [-0.2, 0) is 19.4 Å². The molecule has 0 aliphatic carbocycles. The highest BCUT2D eigenvalue weighted by atomic mass is 127. The lowest BCUT2D eigenvalue weighted by molar-refractivity contribution is -0.165. The Kier molecular flexibility index (Phi) is 2.57. The summed E-state index contributed by atoms with van der Waals surface area (Å²) >= 11 is 1.83. The van der Waals surface area contributed by atoms with Gasteiger partial charge in [0.05, 0.1) is 6.42 Å². The molecule has 0 spiro atoms. The summed E-state index contributed by atoms with van der Waals surface area (Å²) in [5, 5.41) is 8.45. The lowest BCUT2D eigenvalue weighted by atomic mass is 9.83. The number of alkyl halides is 1. The number of hydrogen-bond donors (Lipinski definition) is 1. The third kappa shape index (κ3) is 1.13. The molecule has 0 aromatic heterocycles. The Bertz CT molecular complexity index is 513. The molecular formula is C9H12INO5S. The van der Waals surface area contributed by atoms with Crippen molar-refractivity contribution in [2.45, 2.75) is 35.9 Å². The third-order valence-electron chi connectivity index (χ3n) is 3.93. The number of amides is 1. The summed E-state index contributed by atoms with van der Waals surface area (Å²) in [6.45, 7) is 2.78. The standard InChI is InChI=1S/C9H12INO5S/c1-8(2)9(4-10,7(13)14)11-5(12)3-6(11)17(8,15)16/h6H,3-4H2,1-2H3,(H,13,14)/t6-,9+/m1/s1. The third-order valence-corrected chi connectivity index (χ3v) is 7.89. The van der Waals surface area contributed by atoms with Gasteiger partial charge in [0.15, 0.2) is 15.4 Å². The first kappa shape index (κ1) is 13.1. The van der Waals surface area contributed by atoms with Gasteiger partial charge in [0.25, 0.3) is 0 Å². The summed E-state index contributed by atoms with van der Waals surface area (Å²) in [4.78, 5) is 24.1. The van der Waals surface area contributed by atoms with E-state index in [1.54, 1.807) is 0 Å². The van der Waals surface area contributed by atoms with E-state index in [9.17, 15) is 23.1 Å². The maximum Gasteiger partial charge on any atom is 0.332 e. The highest BCUT2D eigenvalue weighted by molar-refractivity contribution is 14.1. The summed E-state index contributed by atoms with van der Waals surface area (Å²) in [5.74, 6) is -1.65. The molecule has 2 heterocycles. The monoisotopic (exact) mass is 373 g/mol. The Labute approximate surface area is 112 Å². The molecule has 2 aliphatic heterocycles. The minimum absolute atomic E-state index is 0.0502. The molecule has 2 atom stereocenters. The smallest absolute Gasteiger partial charge is 0.332 e. The first-order valence-corrected chi connectivity index (χ1v) is 8.06. The van der Waals surface area contributed by atoms with E-state index in [0.717, 1.165) is 4.90 Å². The van der Waals surface area contributed by atoms with Crippen LogP contribution in [0.3, 0.4) is 0 Å². The van der Waals surface area contributed by atoms with Gasteiger partial charge < -0.3 is 10.0 Å². The number of carbonyl (C=O) groups excluding carboxylic acids is 1. The van der Waals surface area contributed by atoms with Gasteiger partial charge in [-0.1, -0.05) is 22.6 Å². The van der Waals surface area contributed by atoms with Crippen molar-refractivity contribution < 1.29 is 23.1 Å². The zero-order valence-electron chi connectivity index (χ0n) is 9.31. The number of nitrogens with zero attached hydrogens (tertiary/aromatic N) is 1. The average Bonchev–Trinajstić information content (AvgIpc) is 2.30. The topological polar surface area (TPSA) is 91.8 Å². The van der Waals surface area contributed by atoms with Crippen LogP contribution in [0.5, 0.6) is 0 Å². The summed E-state index contributed by atoms with van der Waals surface area (Å²) in [6, 6.07) is 0. The van der Waals surface area contributed by atoms with Gasteiger partial charge in [-0.3, -0.25) is 4.79 Å². The molecule has 1 N–H and O–H groups in total. The van der Waals surface area contributed by atoms with Crippen LogP contribution in [0.2, 0.25) is 0 Å². The predicted molar refractivity (Wildman–Crippen MR) is 67.5 cm³/mol. The lowest BCUT2D eigenvalue weighted by Crippen LogP contribution is -2.68. The van der Waals surface area contributed by atoms with Gasteiger partial charge in [-0.15, -0.1) is 0 Å². The zero-order valence-corrected chi connectivity index (χ0v) is 12.3. The number of halogens is 1. The van der Waals surface area contributed by atoms with Crippen LogP contribution in [0, 0.1) is 0 Å². The molecule has 96 valence electrons. The molecule has 0 radical (unpaired) electrons. The summed E-state index contributed by atoms with van der Waals surface area (Å²) in [5.41, 5.74) is -1.65. The first-order chi connectivity index (χ1) is 7.64. The number of fused-ring (bicyclic) bond motifs is 1. The molecule has 2 aliphatic rings. The number of rotatable bonds is 2. The Morgan fingerprint density at radius 1 is 1.59 bits per heavy atom. The van der Waals surface area contributed by atoms with Gasteiger partial charge in [-0.25, -0.2) is 13.2 Å². The zero-order chi connectivity index (χ0) is 13.2. The fourth-order valence-corrected chi connectivity index (χ4v) is 6.85. The van der Waals surface area contributed by atoms with E-state index in [-0.39, 0.29) is 10.8 Å². The second kappa shape index (κ2) is 3.34. The Morgan fingerprint density at radius 2 is 2.12 bits per heavy atom. The van der Waals surface area contributed by atoms with Gasteiger partial charge in [-0.2, -0.15) is 0 Å². The van der Waals surface area contributed by atoms with Crippen molar-refractivity contribution in [2.24, 2.45) is 0 Å². The highest BCUT2D eigenvalue weighted by Gasteiger charge is 2.76. The molecule has 0 aromatic carbocycles. The summed E-state index contributed by atoms with van der Waals surface area (Å²) < 4.78 is 23.1. The average molecular weight is 373 g/mol. The SMILES string of the molecule is CC1(C)[C@](CI)(C(=O)O)N2C(=O)C[C@H]2S1(=O)=O. The molecule has 0 unspecified atom stereocenters. The minimum atomic E-state index is -3.64. The number of carboxylic acids is 1. The maximum absolute atomic E-state index is 12.2. The van der Waals surface area contributed by atoms with Crippen LogP contribution in [0.25, 0.3) is 0 Å². The van der Waals surface area contributed by atoms with Crippen LogP contribution in [0.15, 0.2) is 0 Å². The van der Waals surface area contributed by atoms with Crippen molar-refractivity contribution in [1.82, 2.24) is 4.90 Å². The predicted octanol–water partition coefficient (Wildman–Crippen LogP) is 0.0102. The van der Waals surface area contributed by atoms with Crippen LogP contribution in [0.4, 0.5) is 0 Å². The molecule has 2 saturated heterocycles. The molecule has 2 fully saturated rings. The number of aliphatic carboxylic acids is 1. The van der Waals surface area contributed by atoms with E-state index in [0.29, 0.717) is 0 Å². The van der Waals surface area contributed by atoms with Crippen LogP contribution < -0.4 is 0 Å². The largest absolute Gasteiger partial charge is 0.479 e. The van der Waals surface area contributed by atoms with E-state index in [2.05, 4.69) is 0 Å². The van der Waals surface area contributed by atoms with Crippen molar-refractivity contribution in [3.05, 3.63) is 0 Å². The molecular weight excluding hydrogens is 361 g/mol. The highest BCUT2D eigenvalue weighted by Crippen LogP contribution is 2.53. The van der Waals surface area contributed by atoms with E-state index in [4.69, 9.17) is 0 Å². The second-order valence-corrected chi connectivity index (χ2v) is 8.19. The number of sulfone groups is 1. The fraction of sp³-hybridized carbons (Fsp3) is 0.778. The number of β-lactam (4-membered cyclic amide) rings is 1. The molecule has 0 bridgehead atoms. The minimum Gasteiger partial charge on any atom is -0.479 e. The van der Waals surface area contributed by atoms with Crippen LogP contribution in [0.1, 0.15) is 20.3 Å². The van der Waals surface area contributed by atoms with Crippen LogP contribution in [-0.4, -0.2) is 50.4 Å². The van der Waals surface area contributed by atoms with Crippen molar-refractivity contribution >= 4 is 44.3 Å². The summed E-state index contributed by atoms with van der Waals surface area (Å²) in [6.07, 6.45) is -0.0998. The first-order valence-electron chi connectivity index (χ1n) is 4.99. The number of hydrogen-bond acceptors (Lipinski definition) is 4. The molecule has 8 heteroatoms. The molecule has 0 saturated carbocycles. The number of carboxylic acid groups (broad SMARTS) is 1. The number of carbonyl (C=O) groups is 2. The lowest BCUT2D eigenvalue weighted by Gasteiger charge is -2.44. The van der Waals surface area contributed by atoms with Gasteiger partial charge in [0.1, 0.15) is 10.1 Å². The fourth-order valence-electron chi connectivity index (χ4n) is 2.60. The van der Waals surface area contributed by atoms with E-state index >= 15 is 0 Å². The Balaban J connectivity index is 2.74. The van der Waals surface area contributed by atoms with E-state index in [1.165, 1.54) is 13.8 Å². The van der Waals surface area contributed by atoms with Crippen molar-refractivity contribution in [3.63, 3.8) is 0 Å². The van der Waals surface area contributed by atoms with Gasteiger partial charge >= 0.3 is 5.97 Å². The Morgan fingerprint density at radius 3 is 2.41 bits per heavy atom. The van der Waals surface area contributed by atoms with Gasteiger partial charge in [0, 0.05) is 4.43 Å². The van der Waals surface area contributed by atoms with E-state index in [1.807, 2.05) is 22.6 Å². The normalized spacial score (nSPS) is 37.5. The second-order valence-electron chi connectivity index (χ2n) is 4.78. The molecule has 1 amide bonds. The molecule has 6 nitrogen and oxygen atoms in total. The van der Waals surface area contributed by atoms with E-state index < -0.39 is 37.4 Å². The van der Waals surface area contributed by atoms with Gasteiger partial charge in [-0.05, 0) is 13.8 Å². The Hall–Kier alpha value is -0.380.